The molecule has 1 aliphatic rings. The number of hydrogen-bond acceptors (Lipinski definition) is 4. The standard InChI is InChI=1S/C9H19NO3S/c1-2-3-4-7-14(11,12)13-9-5-6-10-8-9/h9-10H,2-8H2,1H3. The molecule has 1 N–H and O–H groups in total. The molecule has 0 aromatic carbocycles. The lowest BCUT2D eigenvalue weighted by molar-refractivity contribution is 0.230. The summed E-state index contributed by atoms with van der Waals surface area (Å²) in [6, 6.07) is 0. The molecule has 0 bridgehead atoms. The average Bonchev–Trinajstić information content (AvgIpc) is 2.56. The zero-order valence-electron chi connectivity index (χ0n) is 8.66. The van der Waals surface area contributed by atoms with E-state index >= 15 is 0 Å². The molecule has 0 saturated carbocycles. The van der Waals surface area contributed by atoms with Crippen LogP contribution in [-0.4, -0.2) is 33.4 Å². The van der Waals surface area contributed by atoms with Crippen molar-refractivity contribution in [2.75, 3.05) is 18.8 Å². The summed E-state index contributed by atoms with van der Waals surface area (Å²) in [4.78, 5) is 0. The van der Waals surface area contributed by atoms with Crippen molar-refractivity contribution >= 4 is 10.1 Å². The Morgan fingerprint density at radius 1 is 1.43 bits per heavy atom. The molecule has 0 amide bonds. The highest BCUT2D eigenvalue weighted by Crippen LogP contribution is 2.09. The largest absolute Gasteiger partial charge is 0.314 e. The van der Waals surface area contributed by atoms with E-state index in [2.05, 4.69) is 5.32 Å². The van der Waals surface area contributed by atoms with Gasteiger partial charge in [-0.3, -0.25) is 4.18 Å². The number of unbranched alkanes of at least 4 members (excludes halogenated alkanes) is 2. The van der Waals surface area contributed by atoms with Gasteiger partial charge in [-0.1, -0.05) is 19.8 Å². The molecule has 1 fully saturated rings. The van der Waals surface area contributed by atoms with Gasteiger partial charge < -0.3 is 5.32 Å². The second-order valence-electron chi connectivity index (χ2n) is 3.68. The lowest BCUT2D eigenvalue weighted by Gasteiger charge is -2.10. The first-order chi connectivity index (χ1) is 6.64. The van der Waals surface area contributed by atoms with Gasteiger partial charge in [0.2, 0.25) is 0 Å². The predicted octanol–water partition coefficient (Wildman–Crippen LogP) is 0.885. The molecule has 1 atom stereocenters. The molecule has 1 aliphatic heterocycles. The van der Waals surface area contributed by atoms with Crippen LogP contribution in [0.2, 0.25) is 0 Å². The van der Waals surface area contributed by atoms with Crippen molar-refractivity contribution in [3.8, 4) is 0 Å². The Balaban J connectivity index is 2.26. The van der Waals surface area contributed by atoms with Crippen molar-refractivity contribution in [1.82, 2.24) is 5.32 Å². The van der Waals surface area contributed by atoms with Crippen molar-refractivity contribution in [1.29, 1.82) is 0 Å². The summed E-state index contributed by atoms with van der Waals surface area (Å²) in [5.74, 6) is 0.164. The lowest BCUT2D eigenvalue weighted by Crippen LogP contribution is -2.22. The highest BCUT2D eigenvalue weighted by atomic mass is 32.2. The second-order valence-corrected chi connectivity index (χ2v) is 5.40. The van der Waals surface area contributed by atoms with Crippen LogP contribution in [0.1, 0.15) is 32.6 Å². The van der Waals surface area contributed by atoms with Crippen LogP contribution in [0.25, 0.3) is 0 Å². The van der Waals surface area contributed by atoms with Gasteiger partial charge in [0.1, 0.15) is 0 Å². The van der Waals surface area contributed by atoms with E-state index < -0.39 is 10.1 Å². The third kappa shape index (κ3) is 4.39. The van der Waals surface area contributed by atoms with Gasteiger partial charge in [-0.2, -0.15) is 8.42 Å². The maximum absolute atomic E-state index is 11.4. The minimum atomic E-state index is -3.28. The van der Waals surface area contributed by atoms with Gasteiger partial charge in [0, 0.05) is 6.54 Å². The van der Waals surface area contributed by atoms with Gasteiger partial charge in [-0.25, -0.2) is 0 Å². The minimum Gasteiger partial charge on any atom is -0.314 e. The molecule has 0 spiro atoms. The van der Waals surface area contributed by atoms with Crippen LogP contribution in [0.3, 0.4) is 0 Å². The molecule has 84 valence electrons. The Kier molecular flexibility index (Phi) is 4.84. The molecule has 1 heterocycles. The van der Waals surface area contributed by atoms with Crippen LogP contribution in [0, 0.1) is 0 Å². The van der Waals surface area contributed by atoms with E-state index in [1.54, 1.807) is 0 Å². The summed E-state index contributed by atoms with van der Waals surface area (Å²) in [6.45, 7) is 3.57. The third-order valence-corrected chi connectivity index (χ3v) is 3.65. The highest BCUT2D eigenvalue weighted by Gasteiger charge is 2.22. The molecule has 0 radical (unpaired) electrons. The molecule has 5 heteroatoms. The molecule has 0 aliphatic carbocycles. The fraction of sp³-hybridized carbons (Fsp3) is 1.00. The maximum Gasteiger partial charge on any atom is 0.267 e. The van der Waals surface area contributed by atoms with Gasteiger partial charge in [0.15, 0.2) is 0 Å². The van der Waals surface area contributed by atoms with E-state index in [1.807, 2.05) is 6.92 Å². The zero-order valence-corrected chi connectivity index (χ0v) is 9.48. The summed E-state index contributed by atoms with van der Waals surface area (Å²) < 4.78 is 27.9. The fourth-order valence-corrected chi connectivity index (χ4v) is 2.73. The molecule has 0 aromatic heterocycles. The number of nitrogens with one attached hydrogen (secondary N) is 1. The Morgan fingerprint density at radius 3 is 2.79 bits per heavy atom. The Bertz CT molecular complexity index is 245. The van der Waals surface area contributed by atoms with Crippen molar-refractivity contribution in [2.24, 2.45) is 0 Å². The normalized spacial score (nSPS) is 22.8. The maximum atomic E-state index is 11.4. The van der Waals surface area contributed by atoms with E-state index in [9.17, 15) is 8.42 Å². The van der Waals surface area contributed by atoms with Gasteiger partial charge in [0.25, 0.3) is 10.1 Å². The Labute approximate surface area is 86.2 Å². The van der Waals surface area contributed by atoms with Crippen molar-refractivity contribution in [3.05, 3.63) is 0 Å². The molecule has 1 rings (SSSR count). The van der Waals surface area contributed by atoms with Crippen LogP contribution in [0.5, 0.6) is 0 Å². The lowest BCUT2D eigenvalue weighted by atomic mass is 10.3. The van der Waals surface area contributed by atoms with Gasteiger partial charge in [-0.15, -0.1) is 0 Å². The smallest absolute Gasteiger partial charge is 0.267 e. The molecule has 1 saturated heterocycles. The van der Waals surface area contributed by atoms with Gasteiger partial charge in [0.05, 0.1) is 11.9 Å². The van der Waals surface area contributed by atoms with Crippen LogP contribution < -0.4 is 5.32 Å². The molecule has 14 heavy (non-hydrogen) atoms. The quantitative estimate of drug-likeness (QED) is 0.534. The Morgan fingerprint density at radius 2 is 2.21 bits per heavy atom. The van der Waals surface area contributed by atoms with E-state index in [1.165, 1.54) is 0 Å². The topological polar surface area (TPSA) is 55.4 Å². The summed E-state index contributed by atoms with van der Waals surface area (Å²) in [5.41, 5.74) is 0. The van der Waals surface area contributed by atoms with E-state index in [4.69, 9.17) is 4.18 Å². The minimum absolute atomic E-state index is 0.137. The monoisotopic (exact) mass is 221 g/mol. The molecule has 0 aromatic rings. The Hall–Kier alpha value is -0.130. The molecule has 4 nitrogen and oxygen atoms in total. The average molecular weight is 221 g/mol. The van der Waals surface area contributed by atoms with Crippen LogP contribution in [0.15, 0.2) is 0 Å². The first-order valence-electron chi connectivity index (χ1n) is 5.26. The number of rotatable bonds is 6. The molecular weight excluding hydrogens is 202 g/mol. The van der Waals surface area contributed by atoms with Crippen molar-refractivity contribution in [2.45, 2.75) is 38.7 Å². The van der Waals surface area contributed by atoms with E-state index in [0.717, 1.165) is 25.8 Å². The van der Waals surface area contributed by atoms with E-state index in [0.29, 0.717) is 13.0 Å². The first kappa shape index (κ1) is 11.9. The summed E-state index contributed by atoms with van der Waals surface area (Å²) in [6.07, 6.45) is 3.35. The van der Waals surface area contributed by atoms with Crippen LogP contribution >= 0.6 is 0 Å². The van der Waals surface area contributed by atoms with Crippen LogP contribution in [-0.2, 0) is 14.3 Å². The fourth-order valence-electron chi connectivity index (χ4n) is 1.49. The third-order valence-electron chi connectivity index (χ3n) is 2.30. The predicted molar refractivity (Wildman–Crippen MR) is 55.7 cm³/mol. The SMILES string of the molecule is CCCCCS(=O)(=O)OC1CCNC1. The summed E-state index contributed by atoms with van der Waals surface area (Å²) >= 11 is 0. The first-order valence-corrected chi connectivity index (χ1v) is 6.83. The van der Waals surface area contributed by atoms with Crippen molar-refractivity contribution in [3.63, 3.8) is 0 Å². The van der Waals surface area contributed by atoms with Crippen LogP contribution in [0.4, 0.5) is 0 Å². The summed E-state index contributed by atoms with van der Waals surface area (Å²) in [7, 11) is -3.28. The van der Waals surface area contributed by atoms with Crippen molar-refractivity contribution < 1.29 is 12.6 Å². The highest BCUT2D eigenvalue weighted by molar-refractivity contribution is 7.86. The molecular formula is C9H19NO3S. The zero-order chi connectivity index (χ0) is 10.4. The second kappa shape index (κ2) is 5.68. The van der Waals surface area contributed by atoms with E-state index in [-0.39, 0.29) is 11.9 Å². The summed E-state index contributed by atoms with van der Waals surface area (Å²) in [5, 5.41) is 3.07. The van der Waals surface area contributed by atoms with Gasteiger partial charge >= 0.3 is 0 Å². The molecule has 1 unspecified atom stereocenters. The number of hydrogen-bond donors (Lipinski definition) is 1. The van der Waals surface area contributed by atoms with Gasteiger partial charge in [-0.05, 0) is 19.4 Å².